The Kier molecular flexibility index (Phi) is 6.11. The van der Waals surface area contributed by atoms with E-state index in [2.05, 4.69) is 25.3 Å². The molecule has 2 aliphatic rings. The zero-order valence-corrected chi connectivity index (χ0v) is 19.4. The van der Waals surface area contributed by atoms with Crippen molar-refractivity contribution in [3.63, 3.8) is 0 Å². The molecule has 3 aromatic rings. The number of ether oxygens (including phenoxy) is 1. The molecule has 2 aromatic heterocycles. The van der Waals surface area contributed by atoms with Gasteiger partial charge in [0.15, 0.2) is 0 Å². The number of thiazole rings is 1. The second-order valence-corrected chi connectivity index (χ2v) is 9.77. The summed E-state index contributed by atoms with van der Waals surface area (Å²) in [5.41, 5.74) is 3.83. The van der Waals surface area contributed by atoms with Crippen molar-refractivity contribution in [2.75, 3.05) is 19.6 Å². The number of rotatable bonds is 8. The molecule has 5 rings (SSSR count). The van der Waals surface area contributed by atoms with Crippen LogP contribution < -0.4 is 4.74 Å². The Bertz CT molecular complexity index is 1140. The van der Waals surface area contributed by atoms with Crippen LogP contribution in [0.5, 0.6) is 5.75 Å². The van der Waals surface area contributed by atoms with Gasteiger partial charge in [0.25, 0.3) is 5.91 Å². The first-order valence-electron chi connectivity index (χ1n) is 11.1. The molecule has 1 aromatic carbocycles. The lowest BCUT2D eigenvalue weighted by molar-refractivity contribution is -0.274. The summed E-state index contributed by atoms with van der Waals surface area (Å²) in [6, 6.07) is 9.99. The Hall–Kier alpha value is -2.85. The number of hydrogen-bond donors (Lipinski definition) is 0. The van der Waals surface area contributed by atoms with Crippen LogP contribution in [0.4, 0.5) is 13.2 Å². The number of piperidine rings is 1. The van der Waals surface area contributed by atoms with Crippen molar-refractivity contribution in [2.24, 2.45) is 24.8 Å². The monoisotopic (exact) mass is 490 g/mol. The lowest BCUT2D eigenvalue weighted by Crippen LogP contribution is -2.35. The van der Waals surface area contributed by atoms with Crippen LogP contribution in [0, 0.1) is 17.8 Å². The van der Waals surface area contributed by atoms with Gasteiger partial charge in [0.05, 0.1) is 5.51 Å². The van der Waals surface area contributed by atoms with E-state index >= 15 is 0 Å². The SMILES string of the molecule is Cn1cccc1CN1CC2C(C1)C2CN(Cc1cccc(OC(F)(F)F)c1)C(=O)c1cscn1. The highest BCUT2D eigenvalue weighted by atomic mass is 32.1. The van der Waals surface area contributed by atoms with Gasteiger partial charge in [0.2, 0.25) is 0 Å². The smallest absolute Gasteiger partial charge is 0.406 e. The van der Waals surface area contributed by atoms with E-state index in [1.165, 1.54) is 35.2 Å². The molecule has 1 amide bonds. The van der Waals surface area contributed by atoms with E-state index in [0.29, 0.717) is 35.6 Å². The molecule has 180 valence electrons. The van der Waals surface area contributed by atoms with Gasteiger partial charge in [-0.15, -0.1) is 24.5 Å². The normalized spacial score (nSPS) is 21.9. The van der Waals surface area contributed by atoms with Crippen LogP contribution in [0.1, 0.15) is 21.7 Å². The first kappa shape index (κ1) is 22.9. The summed E-state index contributed by atoms with van der Waals surface area (Å²) < 4.78 is 44.1. The number of aryl methyl sites for hydroxylation is 1. The van der Waals surface area contributed by atoms with Crippen molar-refractivity contribution in [1.82, 2.24) is 19.4 Å². The summed E-state index contributed by atoms with van der Waals surface area (Å²) in [7, 11) is 2.05. The third-order valence-electron chi connectivity index (χ3n) is 6.76. The molecule has 0 radical (unpaired) electrons. The van der Waals surface area contributed by atoms with Gasteiger partial charge in [0, 0.05) is 57.0 Å². The van der Waals surface area contributed by atoms with E-state index in [4.69, 9.17) is 0 Å². The van der Waals surface area contributed by atoms with Gasteiger partial charge < -0.3 is 14.2 Å². The number of benzene rings is 1. The number of carbonyl (C=O) groups excluding carboxylic acids is 1. The standard InChI is InChI=1S/C24H25F3N4O2S/c1-29-7-3-5-17(29)10-30-11-19-20(12-30)21(19)13-31(23(32)22-14-34-15-28-22)9-16-4-2-6-18(8-16)33-24(25,26)27/h2-8,14-15,19-21H,9-13H2,1H3. The van der Waals surface area contributed by atoms with Crippen molar-refractivity contribution in [2.45, 2.75) is 19.5 Å². The number of nitrogens with zero attached hydrogens (tertiary/aromatic N) is 4. The zero-order valence-electron chi connectivity index (χ0n) is 18.6. The quantitative estimate of drug-likeness (QED) is 0.470. The summed E-state index contributed by atoms with van der Waals surface area (Å²) in [6.45, 7) is 3.67. The number of fused-ring (bicyclic) bond motifs is 1. The third-order valence-corrected chi connectivity index (χ3v) is 7.35. The van der Waals surface area contributed by atoms with Gasteiger partial charge in [-0.25, -0.2) is 4.98 Å². The second kappa shape index (κ2) is 9.07. The summed E-state index contributed by atoms with van der Waals surface area (Å²) in [5.74, 6) is 0.971. The van der Waals surface area contributed by atoms with Crippen molar-refractivity contribution < 1.29 is 22.7 Å². The molecule has 1 saturated carbocycles. The van der Waals surface area contributed by atoms with E-state index in [0.717, 1.165) is 19.6 Å². The minimum absolute atomic E-state index is 0.200. The van der Waals surface area contributed by atoms with Gasteiger partial charge >= 0.3 is 6.36 Å². The molecule has 2 unspecified atom stereocenters. The predicted molar refractivity (Wildman–Crippen MR) is 121 cm³/mol. The van der Waals surface area contributed by atoms with Gasteiger partial charge in [-0.1, -0.05) is 12.1 Å². The highest BCUT2D eigenvalue weighted by Gasteiger charge is 2.56. The Morgan fingerprint density at radius 2 is 2.03 bits per heavy atom. The maximum atomic E-state index is 13.2. The topological polar surface area (TPSA) is 50.6 Å². The molecular formula is C24H25F3N4O2S. The molecule has 6 nitrogen and oxygen atoms in total. The fourth-order valence-corrected chi connectivity index (χ4v) is 5.57. The third kappa shape index (κ3) is 5.12. The first-order valence-corrected chi connectivity index (χ1v) is 12.1. The van der Waals surface area contributed by atoms with Gasteiger partial charge in [-0.05, 0) is 47.6 Å². The first-order chi connectivity index (χ1) is 16.3. The fraction of sp³-hybridized carbons (Fsp3) is 0.417. The van der Waals surface area contributed by atoms with Crippen LogP contribution in [0.3, 0.4) is 0 Å². The second-order valence-electron chi connectivity index (χ2n) is 9.05. The fourth-order valence-electron chi connectivity index (χ4n) is 5.04. The molecular weight excluding hydrogens is 465 g/mol. The number of alkyl halides is 3. The molecule has 3 heterocycles. The van der Waals surface area contributed by atoms with Crippen LogP contribution in [0.25, 0.3) is 0 Å². The van der Waals surface area contributed by atoms with Gasteiger partial charge in [0.1, 0.15) is 11.4 Å². The Labute approximate surface area is 199 Å². The minimum Gasteiger partial charge on any atom is -0.406 e. The average molecular weight is 491 g/mol. The number of aromatic nitrogens is 2. The zero-order chi connectivity index (χ0) is 23.9. The summed E-state index contributed by atoms with van der Waals surface area (Å²) >= 11 is 1.34. The summed E-state index contributed by atoms with van der Waals surface area (Å²) in [5, 5.41) is 1.70. The van der Waals surface area contributed by atoms with Crippen molar-refractivity contribution in [3.8, 4) is 5.75 Å². The van der Waals surface area contributed by atoms with E-state index in [1.807, 2.05) is 19.3 Å². The summed E-state index contributed by atoms with van der Waals surface area (Å²) in [6.07, 6.45) is -2.71. The van der Waals surface area contributed by atoms with E-state index in [9.17, 15) is 18.0 Å². The van der Waals surface area contributed by atoms with Crippen LogP contribution in [-0.4, -0.2) is 51.3 Å². The lowest BCUT2D eigenvalue weighted by atomic mass is 10.1. The van der Waals surface area contributed by atoms with Crippen LogP contribution in [0.15, 0.2) is 53.5 Å². The summed E-state index contributed by atoms with van der Waals surface area (Å²) in [4.78, 5) is 21.5. The van der Waals surface area contributed by atoms with Crippen molar-refractivity contribution in [1.29, 1.82) is 0 Å². The van der Waals surface area contributed by atoms with Crippen LogP contribution in [-0.2, 0) is 20.1 Å². The Morgan fingerprint density at radius 1 is 1.24 bits per heavy atom. The molecule has 1 saturated heterocycles. The Balaban J connectivity index is 1.25. The molecule has 1 aliphatic carbocycles. The molecule has 2 atom stereocenters. The van der Waals surface area contributed by atoms with Crippen LogP contribution in [0.2, 0.25) is 0 Å². The Morgan fingerprint density at radius 3 is 2.68 bits per heavy atom. The largest absolute Gasteiger partial charge is 0.573 e. The molecule has 10 heteroatoms. The van der Waals surface area contributed by atoms with Crippen molar-refractivity contribution in [3.05, 3.63) is 70.4 Å². The van der Waals surface area contributed by atoms with E-state index in [1.54, 1.807) is 21.9 Å². The van der Waals surface area contributed by atoms with Gasteiger partial charge in [-0.2, -0.15) is 0 Å². The number of halogens is 3. The number of hydrogen-bond acceptors (Lipinski definition) is 5. The van der Waals surface area contributed by atoms with E-state index in [-0.39, 0.29) is 18.2 Å². The molecule has 0 spiro atoms. The molecule has 0 bridgehead atoms. The van der Waals surface area contributed by atoms with E-state index < -0.39 is 6.36 Å². The molecule has 1 aliphatic heterocycles. The number of likely N-dealkylation sites (tertiary alicyclic amines) is 1. The minimum atomic E-state index is -4.76. The highest BCUT2D eigenvalue weighted by molar-refractivity contribution is 7.07. The molecule has 2 fully saturated rings. The number of amides is 1. The molecule has 34 heavy (non-hydrogen) atoms. The van der Waals surface area contributed by atoms with Crippen molar-refractivity contribution >= 4 is 17.2 Å². The maximum absolute atomic E-state index is 13.2. The number of carbonyl (C=O) groups is 1. The highest BCUT2D eigenvalue weighted by Crippen LogP contribution is 2.52. The maximum Gasteiger partial charge on any atom is 0.573 e. The predicted octanol–water partition coefficient (Wildman–Crippen LogP) is 4.40. The van der Waals surface area contributed by atoms with Crippen LogP contribution >= 0.6 is 11.3 Å². The molecule has 0 N–H and O–H groups in total. The lowest BCUT2D eigenvalue weighted by Gasteiger charge is -2.25. The average Bonchev–Trinajstić information content (AvgIpc) is 3.28. The van der Waals surface area contributed by atoms with Gasteiger partial charge in [-0.3, -0.25) is 9.69 Å².